The fourth-order valence-corrected chi connectivity index (χ4v) is 7.07. The summed E-state index contributed by atoms with van der Waals surface area (Å²) in [5.41, 5.74) is 0. The quantitative estimate of drug-likeness (QED) is 0.0245. The van der Waals surface area contributed by atoms with E-state index in [0.29, 0.717) is 19.3 Å². The summed E-state index contributed by atoms with van der Waals surface area (Å²) < 4.78 is 5.82. The normalized spacial score (nSPS) is 14.2. The smallest absolute Gasteiger partial charge is 0.306 e. The van der Waals surface area contributed by atoms with Gasteiger partial charge in [-0.3, -0.25) is 9.59 Å². The van der Waals surface area contributed by atoms with Gasteiger partial charge >= 0.3 is 5.97 Å². The first-order valence-corrected chi connectivity index (χ1v) is 25.7. The van der Waals surface area contributed by atoms with Crippen LogP contribution in [0.3, 0.4) is 0 Å². The van der Waals surface area contributed by atoms with Crippen molar-refractivity contribution in [3.8, 4) is 0 Å². The van der Waals surface area contributed by atoms with Crippen molar-refractivity contribution in [2.75, 3.05) is 6.61 Å². The van der Waals surface area contributed by atoms with Crippen LogP contribution in [0, 0.1) is 0 Å². The monoisotopic (exact) mass is 874 g/mol. The zero-order valence-corrected chi connectivity index (χ0v) is 40.7. The number of carbonyl (C=O) groups is 2. The number of allylic oxidation sites excluding steroid dienone is 17. The predicted octanol–water partition coefficient (Wildman–Crippen LogP) is 15.5. The topological polar surface area (TPSA) is 95.9 Å². The Bertz CT molecular complexity index is 1300. The molecule has 0 aliphatic heterocycles. The number of unbranched alkanes of at least 4 members (excludes halogenated alkanes) is 18. The Balaban J connectivity index is 4.82. The Morgan fingerprint density at radius 1 is 0.508 bits per heavy atom. The van der Waals surface area contributed by atoms with Gasteiger partial charge in [-0.05, 0) is 76.7 Å². The van der Waals surface area contributed by atoms with Crippen LogP contribution in [0.4, 0.5) is 0 Å². The van der Waals surface area contributed by atoms with Gasteiger partial charge in [0.15, 0.2) is 0 Å². The SMILES string of the molecule is CC/C=C\C/C=C\C/C=C\C/C=C\C/C=C\C/C=C\C(CC(=O)NC(CO)C(O)CCCCCCCCCCCCCC)OC(=O)CCCCCCCCC/C=C/C=C/C=C/CC. The second-order valence-corrected chi connectivity index (χ2v) is 16.9. The van der Waals surface area contributed by atoms with Crippen LogP contribution in [0.15, 0.2) is 109 Å². The average Bonchev–Trinajstić information content (AvgIpc) is 3.28. The number of aliphatic hydroxyl groups excluding tert-OH is 2. The molecule has 6 nitrogen and oxygen atoms in total. The maximum atomic E-state index is 13.2. The van der Waals surface area contributed by atoms with Crippen molar-refractivity contribution in [2.24, 2.45) is 0 Å². The van der Waals surface area contributed by atoms with Gasteiger partial charge < -0.3 is 20.3 Å². The molecule has 0 bridgehead atoms. The minimum atomic E-state index is -0.828. The number of hydrogen-bond donors (Lipinski definition) is 3. The Morgan fingerprint density at radius 2 is 0.952 bits per heavy atom. The standard InChI is InChI=1S/C57H95NO5/c1-4-7-10-13-16-19-22-25-27-28-30-31-33-36-39-42-45-48-53(63-57(62)50-47-44-41-38-35-32-29-26-23-20-17-14-11-8-5-2)51-56(61)58-54(52-59)55(60)49-46-43-40-37-34-24-21-18-15-12-9-6-3/h7-8,10-11,14,16-17,19-20,23,25,27,30-31,36,39,45,48,53-55,59-60H,4-6,9,12-13,15,18,21-22,24,26,28-29,32-35,37-38,40-44,46-47,49-52H2,1-3H3,(H,58,61)/b10-7-,11-8+,17-14+,19-16-,23-20+,27-25-,31-30-,39-36-,48-45-. The molecule has 358 valence electrons. The van der Waals surface area contributed by atoms with Crippen LogP contribution in [-0.4, -0.2) is 46.9 Å². The van der Waals surface area contributed by atoms with E-state index in [0.717, 1.165) is 83.5 Å². The first kappa shape index (κ1) is 59.5. The second kappa shape index (κ2) is 49.5. The van der Waals surface area contributed by atoms with Gasteiger partial charge in [0, 0.05) is 6.42 Å². The number of carbonyl (C=O) groups excluding carboxylic acids is 2. The fraction of sp³-hybridized carbons (Fsp3) is 0.649. The number of ether oxygens (including phenoxy) is 1. The number of nitrogens with one attached hydrogen (secondary N) is 1. The molecular formula is C57H95NO5. The lowest BCUT2D eigenvalue weighted by atomic mass is 10.0. The van der Waals surface area contributed by atoms with Crippen molar-refractivity contribution in [3.63, 3.8) is 0 Å². The minimum Gasteiger partial charge on any atom is -0.458 e. The summed E-state index contributed by atoms with van der Waals surface area (Å²) in [6.45, 7) is 6.19. The predicted molar refractivity (Wildman–Crippen MR) is 273 cm³/mol. The Kier molecular flexibility index (Phi) is 46.8. The van der Waals surface area contributed by atoms with Gasteiger partial charge in [0.25, 0.3) is 0 Å². The second-order valence-electron chi connectivity index (χ2n) is 16.9. The van der Waals surface area contributed by atoms with Crippen LogP contribution in [0.25, 0.3) is 0 Å². The van der Waals surface area contributed by atoms with Gasteiger partial charge in [0.1, 0.15) is 6.10 Å². The summed E-state index contributed by atoms with van der Waals surface area (Å²) in [7, 11) is 0. The molecule has 0 fully saturated rings. The molecule has 0 radical (unpaired) electrons. The van der Waals surface area contributed by atoms with Crippen LogP contribution < -0.4 is 5.32 Å². The summed E-state index contributed by atoms with van der Waals surface area (Å²) in [4.78, 5) is 26.1. The van der Waals surface area contributed by atoms with Crippen LogP contribution in [0.2, 0.25) is 0 Å². The lowest BCUT2D eigenvalue weighted by molar-refractivity contribution is -0.148. The maximum Gasteiger partial charge on any atom is 0.306 e. The van der Waals surface area contributed by atoms with Gasteiger partial charge in [-0.15, -0.1) is 0 Å². The lowest BCUT2D eigenvalue weighted by Crippen LogP contribution is -2.46. The molecule has 3 atom stereocenters. The maximum absolute atomic E-state index is 13.2. The highest BCUT2D eigenvalue weighted by Gasteiger charge is 2.23. The fourth-order valence-electron chi connectivity index (χ4n) is 7.07. The van der Waals surface area contributed by atoms with Crippen LogP contribution in [0.1, 0.15) is 213 Å². The molecule has 0 heterocycles. The molecule has 0 aliphatic rings. The minimum absolute atomic E-state index is 0.0584. The lowest BCUT2D eigenvalue weighted by Gasteiger charge is -2.23. The Morgan fingerprint density at radius 3 is 1.46 bits per heavy atom. The third kappa shape index (κ3) is 44.9. The van der Waals surface area contributed by atoms with Crippen molar-refractivity contribution in [1.29, 1.82) is 0 Å². The van der Waals surface area contributed by atoms with Crippen molar-refractivity contribution in [1.82, 2.24) is 5.32 Å². The van der Waals surface area contributed by atoms with Crippen LogP contribution in [0.5, 0.6) is 0 Å². The summed E-state index contributed by atoms with van der Waals surface area (Å²) in [5.74, 6) is -0.653. The van der Waals surface area contributed by atoms with E-state index < -0.39 is 18.2 Å². The van der Waals surface area contributed by atoms with E-state index in [1.165, 1.54) is 83.5 Å². The van der Waals surface area contributed by atoms with Crippen molar-refractivity contribution in [2.45, 2.75) is 232 Å². The molecule has 0 spiro atoms. The van der Waals surface area contributed by atoms with Gasteiger partial charge in [0.05, 0.1) is 25.2 Å². The summed E-state index contributed by atoms with van der Waals surface area (Å²) in [6, 6.07) is -0.751. The zero-order valence-electron chi connectivity index (χ0n) is 40.7. The molecule has 0 aromatic heterocycles. The number of amides is 1. The average molecular weight is 874 g/mol. The zero-order chi connectivity index (χ0) is 45.9. The van der Waals surface area contributed by atoms with E-state index in [2.05, 4.69) is 123 Å². The molecule has 6 heteroatoms. The van der Waals surface area contributed by atoms with Gasteiger partial charge in [0.2, 0.25) is 5.91 Å². The first-order valence-electron chi connectivity index (χ1n) is 25.7. The van der Waals surface area contributed by atoms with E-state index >= 15 is 0 Å². The van der Waals surface area contributed by atoms with Crippen LogP contribution in [-0.2, 0) is 14.3 Å². The molecule has 0 aromatic carbocycles. The van der Waals surface area contributed by atoms with E-state index in [1.807, 2.05) is 6.08 Å². The van der Waals surface area contributed by atoms with Crippen molar-refractivity contribution < 1.29 is 24.5 Å². The number of rotatable bonds is 44. The number of esters is 1. The molecule has 0 aromatic rings. The van der Waals surface area contributed by atoms with Crippen molar-refractivity contribution >= 4 is 11.9 Å². The summed E-state index contributed by atoms with van der Waals surface area (Å²) >= 11 is 0. The molecule has 1 amide bonds. The third-order valence-corrected chi connectivity index (χ3v) is 10.9. The largest absolute Gasteiger partial charge is 0.458 e. The summed E-state index contributed by atoms with van der Waals surface area (Å²) in [6.07, 6.45) is 67.5. The van der Waals surface area contributed by atoms with E-state index in [1.54, 1.807) is 6.08 Å². The van der Waals surface area contributed by atoms with E-state index in [-0.39, 0.29) is 24.9 Å². The highest BCUT2D eigenvalue weighted by molar-refractivity contribution is 5.78. The molecular weight excluding hydrogens is 779 g/mol. The summed E-state index contributed by atoms with van der Waals surface area (Å²) in [5, 5.41) is 23.7. The third-order valence-electron chi connectivity index (χ3n) is 10.9. The highest BCUT2D eigenvalue weighted by atomic mass is 16.5. The molecule has 63 heavy (non-hydrogen) atoms. The van der Waals surface area contributed by atoms with Crippen molar-refractivity contribution in [3.05, 3.63) is 109 Å². The molecule has 3 N–H and O–H groups in total. The molecule has 3 unspecified atom stereocenters. The van der Waals surface area contributed by atoms with Gasteiger partial charge in [-0.25, -0.2) is 0 Å². The van der Waals surface area contributed by atoms with E-state index in [9.17, 15) is 19.8 Å². The van der Waals surface area contributed by atoms with Gasteiger partial charge in [-0.1, -0.05) is 233 Å². The number of aliphatic hydroxyl groups is 2. The van der Waals surface area contributed by atoms with Gasteiger partial charge in [-0.2, -0.15) is 0 Å². The molecule has 0 saturated heterocycles. The molecule has 0 rings (SSSR count). The Hall–Kier alpha value is -3.48. The number of hydrogen-bond acceptors (Lipinski definition) is 5. The first-order chi connectivity index (χ1) is 31.0. The van der Waals surface area contributed by atoms with E-state index in [4.69, 9.17) is 4.74 Å². The molecule has 0 aliphatic carbocycles. The van der Waals surface area contributed by atoms with Crippen LogP contribution >= 0.6 is 0 Å². The Labute approximate surface area is 388 Å². The molecule has 0 saturated carbocycles. The highest BCUT2D eigenvalue weighted by Crippen LogP contribution is 2.15.